The zero-order valence-corrected chi connectivity index (χ0v) is 16.1. The molecule has 1 heterocycles. The van der Waals surface area contributed by atoms with E-state index < -0.39 is 16.1 Å². The molecule has 0 saturated carbocycles. The Morgan fingerprint density at radius 1 is 1.27 bits per heavy atom. The van der Waals surface area contributed by atoms with Gasteiger partial charge in [-0.05, 0) is 43.2 Å². The zero-order valence-electron chi connectivity index (χ0n) is 14.5. The van der Waals surface area contributed by atoms with Crippen LogP contribution in [0.2, 0.25) is 5.02 Å². The van der Waals surface area contributed by atoms with E-state index in [-0.39, 0.29) is 17.3 Å². The van der Waals surface area contributed by atoms with E-state index >= 15 is 0 Å². The van der Waals surface area contributed by atoms with Crippen LogP contribution in [0, 0.1) is 0 Å². The minimum absolute atomic E-state index is 0.00126. The Morgan fingerprint density at radius 3 is 2.81 bits per heavy atom. The van der Waals surface area contributed by atoms with Gasteiger partial charge in [-0.3, -0.25) is 0 Å². The van der Waals surface area contributed by atoms with Gasteiger partial charge in [0.05, 0.1) is 19.8 Å². The molecule has 1 atom stereocenters. The fraction of sp³-hybridized carbons (Fsp3) is 0.333. The number of hydrogen-bond acceptors (Lipinski definition) is 5. The Morgan fingerprint density at radius 2 is 2.08 bits per heavy atom. The first-order valence-electron chi connectivity index (χ1n) is 8.18. The van der Waals surface area contributed by atoms with Crippen LogP contribution in [0.3, 0.4) is 0 Å². The van der Waals surface area contributed by atoms with Crippen molar-refractivity contribution in [1.82, 2.24) is 4.72 Å². The lowest BCUT2D eigenvalue weighted by Crippen LogP contribution is -2.42. The quantitative estimate of drug-likeness (QED) is 0.811. The molecular weight excluding hydrogens is 378 g/mol. The Kier molecular flexibility index (Phi) is 5.60. The summed E-state index contributed by atoms with van der Waals surface area (Å²) in [4.78, 5) is 0.00126. The van der Waals surface area contributed by atoms with Gasteiger partial charge in [-0.1, -0.05) is 23.7 Å². The summed E-state index contributed by atoms with van der Waals surface area (Å²) in [6, 6.07) is 9.67. The van der Waals surface area contributed by atoms with Crippen molar-refractivity contribution in [3.05, 3.63) is 47.0 Å². The maximum Gasteiger partial charge on any atom is 0.244 e. The van der Waals surface area contributed by atoms with Crippen LogP contribution >= 0.6 is 11.6 Å². The minimum atomic E-state index is -3.82. The third-order valence-corrected chi connectivity index (χ3v) is 5.77. The molecule has 0 aromatic heterocycles. The van der Waals surface area contributed by atoms with Crippen LogP contribution in [-0.4, -0.2) is 34.8 Å². The molecule has 0 bridgehead atoms. The Hall–Kier alpha value is -1.96. The molecule has 0 amide bonds. The van der Waals surface area contributed by atoms with Crippen LogP contribution in [0.4, 0.5) is 0 Å². The number of halogens is 1. The summed E-state index contributed by atoms with van der Waals surface area (Å²) >= 11 is 5.95. The molecule has 1 N–H and O–H groups in total. The first-order chi connectivity index (χ1) is 12.4. The maximum atomic E-state index is 12.8. The number of methoxy groups -OCH3 is 1. The first kappa shape index (κ1) is 18.8. The van der Waals surface area contributed by atoms with E-state index in [1.165, 1.54) is 19.2 Å². The van der Waals surface area contributed by atoms with E-state index in [1.54, 1.807) is 6.07 Å². The molecule has 2 aromatic carbocycles. The normalized spacial score (nSPS) is 16.5. The molecule has 0 radical (unpaired) electrons. The largest absolute Gasteiger partial charge is 0.495 e. The van der Waals surface area contributed by atoms with Gasteiger partial charge in [0.2, 0.25) is 10.0 Å². The van der Waals surface area contributed by atoms with E-state index in [0.717, 1.165) is 5.56 Å². The van der Waals surface area contributed by atoms with Crippen LogP contribution in [-0.2, 0) is 16.4 Å². The summed E-state index contributed by atoms with van der Waals surface area (Å²) in [5.74, 6) is 1.57. The maximum absolute atomic E-state index is 12.8. The van der Waals surface area contributed by atoms with Crippen molar-refractivity contribution in [1.29, 1.82) is 0 Å². The molecule has 1 aliphatic rings. The number of sulfonamides is 1. The Bertz CT molecular complexity index is 900. The number of benzene rings is 2. The van der Waals surface area contributed by atoms with E-state index in [9.17, 15) is 8.42 Å². The van der Waals surface area contributed by atoms with Crippen molar-refractivity contribution in [3.8, 4) is 17.2 Å². The van der Waals surface area contributed by atoms with Crippen LogP contribution in [0.1, 0.15) is 12.5 Å². The van der Waals surface area contributed by atoms with Gasteiger partial charge in [-0.15, -0.1) is 0 Å². The van der Waals surface area contributed by atoms with Crippen molar-refractivity contribution in [2.45, 2.75) is 24.3 Å². The van der Waals surface area contributed by atoms with Gasteiger partial charge in [0.15, 0.2) is 11.5 Å². The highest BCUT2D eigenvalue weighted by Crippen LogP contribution is 2.35. The smallest absolute Gasteiger partial charge is 0.244 e. The van der Waals surface area contributed by atoms with Gasteiger partial charge in [0.25, 0.3) is 0 Å². The van der Waals surface area contributed by atoms with E-state index in [0.29, 0.717) is 29.5 Å². The summed E-state index contributed by atoms with van der Waals surface area (Å²) in [5.41, 5.74) is 0.896. The number of nitrogens with one attached hydrogen (secondary N) is 1. The van der Waals surface area contributed by atoms with Crippen molar-refractivity contribution >= 4 is 21.6 Å². The highest BCUT2D eigenvalue weighted by Gasteiger charge is 2.29. The van der Waals surface area contributed by atoms with Crippen LogP contribution in [0.5, 0.6) is 17.2 Å². The lowest BCUT2D eigenvalue weighted by molar-refractivity contribution is 0.233. The molecule has 8 heteroatoms. The lowest BCUT2D eigenvalue weighted by Gasteiger charge is -2.27. The van der Waals surface area contributed by atoms with Crippen molar-refractivity contribution < 1.29 is 22.6 Å². The number of hydrogen-bond donors (Lipinski definition) is 1. The molecule has 0 aliphatic carbocycles. The fourth-order valence-electron chi connectivity index (χ4n) is 2.88. The molecule has 6 nitrogen and oxygen atoms in total. The second-order valence-corrected chi connectivity index (χ2v) is 7.92. The summed E-state index contributed by atoms with van der Waals surface area (Å²) in [6.07, 6.45) is 0.498. The molecule has 1 aliphatic heterocycles. The Balaban J connectivity index is 1.82. The average Bonchev–Trinajstić information content (AvgIpc) is 2.61. The predicted octanol–water partition coefficient (Wildman–Crippen LogP) is 3.03. The molecule has 3 rings (SSSR count). The fourth-order valence-corrected chi connectivity index (χ4v) is 4.53. The number of ether oxygens (including phenoxy) is 3. The summed E-state index contributed by atoms with van der Waals surface area (Å²) in [5, 5.41) is 0.317. The van der Waals surface area contributed by atoms with Crippen LogP contribution in [0.25, 0.3) is 0 Å². The number of rotatable bonds is 6. The van der Waals surface area contributed by atoms with Gasteiger partial charge >= 0.3 is 0 Å². The molecule has 26 heavy (non-hydrogen) atoms. The third kappa shape index (κ3) is 3.90. The first-order valence-corrected chi connectivity index (χ1v) is 10.0. The number of para-hydroxylation sites is 1. The highest BCUT2D eigenvalue weighted by molar-refractivity contribution is 7.89. The molecule has 0 saturated heterocycles. The van der Waals surface area contributed by atoms with E-state index in [2.05, 4.69) is 4.72 Å². The molecule has 0 spiro atoms. The molecule has 0 fully saturated rings. The Labute approximate surface area is 158 Å². The lowest BCUT2D eigenvalue weighted by atomic mass is 10.0. The van der Waals surface area contributed by atoms with Gasteiger partial charge in [0.1, 0.15) is 17.3 Å². The topological polar surface area (TPSA) is 73.9 Å². The predicted molar refractivity (Wildman–Crippen MR) is 98.9 cm³/mol. The standard InChI is InChI=1S/C18H20ClNO5S/c1-3-24-16-6-4-5-12-9-14(11-25-18(12)16)20-26(21,22)17-10-13(19)7-8-15(17)23-2/h4-8,10,14,20H,3,9,11H2,1-2H3/t14-/m1/s1. The van der Waals surface area contributed by atoms with Gasteiger partial charge in [-0.2, -0.15) is 0 Å². The number of fused-ring (bicyclic) bond motifs is 1. The molecular formula is C18H20ClNO5S. The second kappa shape index (κ2) is 7.73. The van der Waals surface area contributed by atoms with E-state index in [1.807, 2.05) is 25.1 Å². The van der Waals surface area contributed by atoms with Gasteiger partial charge in [0, 0.05) is 5.02 Å². The monoisotopic (exact) mass is 397 g/mol. The average molecular weight is 398 g/mol. The summed E-state index contributed by atoms with van der Waals surface area (Å²) in [7, 11) is -2.40. The molecule has 0 unspecified atom stereocenters. The minimum Gasteiger partial charge on any atom is -0.495 e. The molecule has 2 aromatic rings. The van der Waals surface area contributed by atoms with E-state index in [4.69, 9.17) is 25.8 Å². The third-order valence-electron chi connectivity index (χ3n) is 3.99. The SMILES string of the molecule is CCOc1cccc2c1OC[C@H](NS(=O)(=O)c1cc(Cl)ccc1OC)C2. The van der Waals surface area contributed by atoms with Crippen LogP contribution in [0.15, 0.2) is 41.3 Å². The van der Waals surface area contributed by atoms with Crippen molar-refractivity contribution in [2.75, 3.05) is 20.3 Å². The second-order valence-electron chi connectivity index (χ2n) is 5.81. The van der Waals surface area contributed by atoms with Crippen molar-refractivity contribution in [2.24, 2.45) is 0 Å². The highest BCUT2D eigenvalue weighted by atomic mass is 35.5. The summed E-state index contributed by atoms with van der Waals surface area (Å²) < 4.78 is 44.7. The zero-order chi connectivity index (χ0) is 18.7. The summed E-state index contributed by atoms with van der Waals surface area (Å²) in [6.45, 7) is 2.64. The van der Waals surface area contributed by atoms with Gasteiger partial charge in [-0.25, -0.2) is 13.1 Å². The van der Waals surface area contributed by atoms with Gasteiger partial charge < -0.3 is 14.2 Å². The van der Waals surface area contributed by atoms with Crippen LogP contribution < -0.4 is 18.9 Å². The molecule has 140 valence electrons. The van der Waals surface area contributed by atoms with Crippen molar-refractivity contribution in [3.63, 3.8) is 0 Å².